The molecule has 4 rings (SSSR count). The van der Waals surface area contributed by atoms with E-state index in [2.05, 4.69) is 4.98 Å². The summed E-state index contributed by atoms with van der Waals surface area (Å²) in [7, 11) is 0. The smallest absolute Gasteiger partial charge is 0.416 e. The third kappa shape index (κ3) is 4.73. The average Bonchev–Trinajstić information content (AvgIpc) is 3.23. The second-order valence-corrected chi connectivity index (χ2v) is 8.38. The van der Waals surface area contributed by atoms with E-state index in [1.807, 2.05) is 31.2 Å². The van der Waals surface area contributed by atoms with Crippen molar-refractivity contribution in [2.24, 2.45) is 0 Å². The first kappa shape index (κ1) is 25.4. The molecule has 2 heterocycles. The number of alkyl halides is 3. The minimum absolute atomic E-state index is 0.0455. The van der Waals surface area contributed by atoms with Crippen LogP contribution in [0, 0.1) is 0 Å². The number of fused-ring (bicyclic) bond motifs is 1. The molecule has 190 valence electrons. The third-order valence-electron chi connectivity index (χ3n) is 6.03. The van der Waals surface area contributed by atoms with E-state index in [1.165, 1.54) is 10.9 Å². The van der Waals surface area contributed by atoms with Gasteiger partial charge in [-0.3, -0.25) is 0 Å². The minimum Gasteiger partial charge on any atom is -0.452 e. The summed E-state index contributed by atoms with van der Waals surface area (Å²) in [5, 5.41) is 50.9. The van der Waals surface area contributed by atoms with Gasteiger partial charge < -0.3 is 39.6 Å². The Morgan fingerprint density at radius 1 is 1.11 bits per heavy atom. The lowest BCUT2D eigenvalue weighted by Crippen LogP contribution is -2.69. The molecule has 1 fully saturated rings. The molecule has 5 atom stereocenters. The van der Waals surface area contributed by atoms with Crippen molar-refractivity contribution < 1.29 is 48.2 Å². The number of benzene rings is 2. The van der Waals surface area contributed by atoms with Crippen LogP contribution in [0.2, 0.25) is 0 Å². The van der Waals surface area contributed by atoms with E-state index < -0.39 is 54.5 Å². The molecule has 5 N–H and O–H groups in total. The van der Waals surface area contributed by atoms with Gasteiger partial charge in [-0.1, -0.05) is 31.2 Å². The molecule has 1 aromatic heterocycles. The van der Waals surface area contributed by atoms with Crippen LogP contribution in [0.4, 0.5) is 13.2 Å². The van der Waals surface area contributed by atoms with Crippen molar-refractivity contribution in [3.05, 3.63) is 59.4 Å². The van der Waals surface area contributed by atoms with Gasteiger partial charge in [0.05, 0.1) is 24.0 Å². The fourth-order valence-electron chi connectivity index (χ4n) is 3.98. The van der Waals surface area contributed by atoms with Crippen LogP contribution < -0.4 is 4.74 Å². The number of hydrogen-bond acceptors (Lipinski definition) is 8. The summed E-state index contributed by atoms with van der Waals surface area (Å²) in [5.74, 6) is -3.61. The average molecular weight is 498 g/mol. The molecule has 1 aliphatic heterocycles. The first-order valence-electron chi connectivity index (χ1n) is 10.8. The molecule has 0 spiro atoms. The molecule has 0 unspecified atom stereocenters. The number of aryl methyl sites for hydroxylation is 1. The van der Waals surface area contributed by atoms with E-state index in [1.54, 1.807) is 0 Å². The van der Waals surface area contributed by atoms with Crippen LogP contribution >= 0.6 is 0 Å². The summed E-state index contributed by atoms with van der Waals surface area (Å²) >= 11 is 0. The molecule has 0 saturated carbocycles. The van der Waals surface area contributed by atoms with Gasteiger partial charge in [0.25, 0.3) is 5.79 Å². The lowest BCUT2D eigenvalue weighted by Gasteiger charge is -2.45. The van der Waals surface area contributed by atoms with Crippen molar-refractivity contribution >= 4 is 11.0 Å². The van der Waals surface area contributed by atoms with E-state index in [0.29, 0.717) is 6.07 Å². The predicted molar refractivity (Wildman–Crippen MR) is 115 cm³/mol. The van der Waals surface area contributed by atoms with Crippen molar-refractivity contribution in [3.63, 3.8) is 0 Å². The van der Waals surface area contributed by atoms with Gasteiger partial charge in [-0.2, -0.15) is 13.2 Å². The highest BCUT2D eigenvalue weighted by Gasteiger charge is 2.57. The van der Waals surface area contributed by atoms with Crippen LogP contribution in [0.5, 0.6) is 5.75 Å². The zero-order chi connectivity index (χ0) is 25.5. The number of rotatable bonds is 6. The number of aliphatic hydroxyl groups is 5. The zero-order valence-electron chi connectivity index (χ0n) is 18.6. The maximum absolute atomic E-state index is 13.6. The third-order valence-corrected chi connectivity index (χ3v) is 6.03. The summed E-state index contributed by atoms with van der Waals surface area (Å²) in [4.78, 5) is 4.04. The van der Waals surface area contributed by atoms with Crippen molar-refractivity contribution in [1.29, 1.82) is 0 Å². The molecule has 9 nitrogen and oxygen atoms in total. The Hall–Kier alpha value is -2.74. The van der Waals surface area contributed by atoms with Crippen molar-refractivity contribution in [2.45, 2.75) is 56.5 Å². The van der Waals surface area contributed by atoms with Gasteiger partial charge in [-0.05, 0) is 29.7 Å². The lowest BCUT2D eigenvalue weighted by atomic mass is 9.96. The number of halogens is 3. The molecule has 12 heteroatoms. The van der Waals surface area contributed by atoms with Crippen molar-refractivity contribution in [2.75, 3.05) is 6.61 Å². The van der Waals surface area contributed by atoms with Gasteiger partial charge in [0.15, 0.2) is 6.10 Å². The molecular formula is C23H25F3N2O7. The highest BCUT2D eigenvalue weighted by molar-refractivity contribution is 5.83. The Morgan fingerprint density at radius 3 is 2.37 bits per heavy atom. The SMILES string of the molecule is CCc1ccc(Cn2cnc3cc(C(F)(F)F)cc(O[C@@]4(O)[C@H](O)O[C@@H](CO)[C@H](O)[C@H]4O)c32)cc1. The molecule has 0 bridgehead atoms. The van der Waals surface area contributed by atoms with Gasteiger partial charge in [0.1, 0.15) is 23.5 Å². The maximum Gasteiger partial charge on any atom is 0.416 e. The van der Waals surface area contributed by atoms with Crippen LogP contribution in [-0.4, -0.2) is 72.1 Å². The second-order valence-electron chi connectivity index (χ2n) is 8.38. The Labute approximate surface area is 197 Å². The quantitative estimate of drug-likeness (QED) is 0.320. The standard InChI is InChI=1S/C23H25F3N2O7/c1-2-12-3-5-13(6-4-12)9-28-11-27-15-7-14(23(24,25)26)8-16(18(15)28)35-22(33)20(31)19(30)17(10-29)34-21(22)32/h3-8,11,17,19-21,29-33H,2,9-10H2,1H3/t17-,19-,20+,21+,22+/m0/s1. The maximum atomic E-state index is 13.6. The first-order valence-corrected chi connectivity index (χ1v) is 10.8. The zero-order valence-corrected chi connectivity index (χ0v) is 18.6. The van der Waals surface area contributed by atoms with E-state index in [9.17, 15) is 38.7 Å². The molecule has 2 aromatic carbocycles. The van der Waals surface area contributed by atoms with Crippen LogP contribution in [0.15, 0.2) is 42.7 Å². The lowest BCUT2D eigenvalue weighted by molar-refractivity contribution is -0.385. The molecule has 0 aliphatic carbocycles. The highest BCUT2D eigenvalue weighted by atomic mass is 19.4. The van der Waals surface area contributed by atoms with Crippen LogP contribution in [0.3, 0.4) is 0 Å². The molecule has 1 aliphatic rings. The largest absolute Gasteiger partial charge is 0.452 e. The van der Waals surface area contributed by atoms with Gasteiger partial charge >= 0.3 is 6.18 Å². The number of imidazole rings is 1. The van der Waals surface area contributed by atoms with Crippen LogP contribution in [0.25, 0.3) is 11.0 Å². The molecule has 3 aromatic rings. The van der Waals surface area contributed by atoms with E-state index in [-0.39, 0.29) is 17.6 Å². The molecule has 0 amide bonds. The molecular weight excluding hydrogens is 473 g/mol. The number of hydrogen-bond donors (Lipinski definition) is 5. The fourth-order valence-corrected chi connectivity index (χ4v) is 3.98. The van der Waals surface area contributed by atoms with Crippen molar-refractivity contribution in [3.8, 4) is 5.75 Å². The van der Waals surface area contributed by atoms with Gasteiger partial charge in [-0.25, -0.2) is 4.98 Å². The minimum atomic E-state index is -4.80. The predicted octanol–water partition coefficient (Wildman–Crippen LogP) is 1.16. The Morgan fingerprint density at radius 2 is 1.77 bits per heavy atom. The monoisotopic (exact) mass is 498 g/mol. The topological polar surface area (TPSA) is 137 Å². The Kier molecular flexibility index (Phi) is 6.79. The van der Waals surface area contributed by atoms with Crippen molar-refractivity contribution in [1.82, 2.24) is 9.55 Å². The normalized spacial score (nSPS) is 27.3. The van der Waals surface area contributed by atoms with E-state index in [0.717, 1.165) is 23.6 Å². The summed E-state index contributed by atoms with van der Waals surface area (Å²) < 4.78 is 52.5. The highest BCUT2D eigenvalue weighted by Crippen LogP contribution is 2.39. The number of aliphatic hydroxyl groups excluding tert-OH is 4. The molecule has 0 radical (unpaired) electrons. The first-order chi connectivity index (χ1) is 16.5. The van der Waals surface area contributed by atoms with E-state index in [4.69, 9.17) is 9.47 Å². The number of ether oxygens (including phenoxy) is 2. The van der Waals surface area contributed by atoms with Crippen LogP contribution in [0.1, 0.15) is 23.6 Å². The second kappa shape index (κ2) is 9.37. The summed E-state index contributed by atoms with van der Waals surface area (Å²) in [6, 6.07) is 8.96. The van der Waals surface area contributed by atoms with Gasteiger partial charge in [0, 0.05) is 6.54 Å². The van der Waals surface area contributed by atoms with E-state index >= 15 is 0 Å². The van der Waals surface area contributed by atoms with Crippen LogP contribution in [-0.2, 0) is 23.9 Å². The fraction of sp³-hybridized carbons (Fsp3) is 0.435. The Bertz CT molecular complexity index is 1180. The Balaban J connectivity index is 1.79. The van der Waals surface area contributed by atoms with Gasteiger partial charge in [-0.15, -0.1) is 0 Å². The summed E-state index contributed by atoms with van der Waals surface area (Å²) in [6.45, 7) is 1.39. The number of aromatic nitrogens is 2. The van der Waals surface area contributed by atoms with Gasteiger partial charge in [0.2, 0.25) is 6.29 Å². The molecule has 1 saturated heterocycles. The summed E-state index contributed by atoms with van der Waals surface area (Å²) in [6.07, 6.45) is -10.6. The summed E-state index contributed by atoms with van der Waals surface area (Å²) in [5.41, 5.74) is 0.705. The molecule has 35 heavy (non-hydrogen) atoms. The number of nitrogens with zero attached hydrogens (tertiary/aromatic N) is 2.